The molecule has 0 bridgehead atoms. The third kappa shape index (κ3) is 6.20. The van der Waals surface area contributed by atoms with Crippen molar-refractivity contribution in [1.82, 2.24) is 24.3 Å². The Labute approximate surface area is 270 Å². The van der Waals surface area contributed by atoms with Gasteiger partial charge in [0.05, 0.1) is 29.1 Å². The van der Waals surface area contributed by atoms with Crippen LogP contribution in [-0.4, -0.2) is 110 Å². The molecule has 3 aliphatic heterocycles. The normalized spacial score (nSPS) is 19.0. The summed E-state index contributed by atoms with van der Waals surface area (Å²) in [6.07, 6.45) is 2.26. The second kappa shape index (κ2) is 12.6. The van der Waals surface area contributed by atoms with Crippen molar-refractivity contribution in [1.29, 1.82) is 0 Å². The number of carboxylic acids is 1. The summed E-state index contributed by atoms with van der Waals surface area (Å²) in [5, 5.41) is 22.5. The maximum absolute atomic E-state index is 13.5. The van der Waals surface area contributed by atoms with Crippen molar-refractivity contribution >= 4 is 56.0 Å². The van der Waals surface area contributed by atoms with Crippen LogP contribution in [0.15, 0.2) is 47.5 Å². The zero-order valence-corrected chi connectivity index (χ0v) is 26.5. The highest BCUT2D eigenvalue weighted by atomic mass is 35.5. The molecule has 6 rings (SSSR count). The first kappa shape index (κ1) is 32.0. The number of aliphatic hydroxyl groups is 1. The molecule has 13 nitrogen and oxygen atoms in total. The highest BCUT2D eigenvalue weighted by molar-refractivity contribution is 7.91. The fraction of sp³-hybridized carbons (Fsp3) is 0.452. The summed E-state index contributed by atoms with van der Waals surface area (Å²) >= 11 is 6.01. The number of rotatable bonds is 9. The largest absolute Gasteiger partial charge is 0.480 e. The first-order valence-corrected chi connectivity index (χ1v) is 17.2. The number of aliphatic carboxylic acids is 1. The number of aliphatic hydroxyl groups excluding tert-OH is 1. The van der Waals surface area contributed by atoms with Crippen molar-refractivity contribution in [2.45, 2.75) is 68.2 Å². The van der Waals surface area contributed by atoms with Crippen LogP contribution in [0, 0.1) is 0 Å². The van der Waals surface area contributed by atoms with Crippen molar-refractivity contribution in [3.05, 3.63) is 59.1 Å². The number of amides is 3. The molecule has 2 saturated heterocycles. The number of carbonyl (C=O) groups excluding carboxylic acids is 3. The number of hydrogen-bond acceptors (Lipinski definition) is 8. The smallest absolute Gasteiger partial charge is 0.330 e. The Bertz CT molecular complexity index is 1820. The number of carboxylic acid groups (broad SMARTS) is 1. The number of benzene rings is 2. The van der Waals surface area contributed by atoms with Crippen molar-refractivity contribution in [3.63, 3.8) is 0 Å². The van der Waals surface area contributed by atoms with E-state index in [0.717, 1.165) is 18.2 Å². The molecule has 4 heterocycles. The molecule has 2 atom stereocenters. The minimum absolute atomic E-state index is 0.00427. The molecule has 244 valence electrons. The monoisotopic (exact) mass is 671 g/mol. The Balaban J connectivity index is 1.06. The van der Waals surface area contributed by atoms with Crippen LogP contribution in [0.3, 0.4) is 0 Å². The summed E-state index contributed by atoms with van der Waals surface area (Å²) in [7, 11) is -3.98. The Hall–Kier alpha value is -4.01. The van der Waals surface area contributed by atoms with E-state index in [1.54, 1.807) is 35.4 Å². The van der Waals surface area contributed by atoms with E-state index in [-0.39, 0.29) is 54.8 Å². The Morgan fingerprint density at radius 2 is 1.74 bits per heavy atom. The van der Waals surface area contributed by atoms with E-state index in [1.807, 2.05) is 0 Å². The Kier molecular flexibility index (Phi) is 8.79. The van der Waals surface area contributed by atoms with Crippen LogP contribution < -0.4 is 0 Å². The maximum Gasteiger partial charge on any atom is 0.330 e. The molecule has 46 heavy (non-hydrogen) atoms. The Morgan fingerprint density at radius 3 is 2.46 bits per heavy atom. The summed E-state index contributed by atoms with van der Waals surface area (Å²) in [6, 6.07) is 7.92. The fourth-order valence-corrected chi connectivity index (χ4v) is 8.12. The lowest BCUT2D eigenvalue weighted by Crippen LogP contribution is -2.51. The third-order valence-electron chi connectivity index (χ3n) is 9.09. The third-order valence-corrected chi connectivity index (χ3v) is 11.0. The number of piperidine rings is 2. The lowest BCUT2D eigenvalue weighted by molar-refractivity contribution is -0.151. The Morgan fingerprint density at radius 1 is 1.02 bits per heavy atom. The summed E-state index contributed by atoms with van der Waals surface area (Å²) in [4.78, 5) is 59.8. The first-order valence-electron chi connectivity index (χ1n) is 15.2. The molecule has 3 amide bonds. The van der Waals surface area contributed by atoms with Gasteiger partial charge >= 0.3 is 12.0 Å². The van der Waals surface area contributed by atoms with Crippen LogP contribution in [0.1, 0.15) is 43.6 Å². The van der Waals surface area contributed by atoms with E-state index in [9.17, 15) is 37.8 Å². The van der Waals surface area contributed by atoms with Crippen molar-refractivity contribution < 1.29 is 37.8 Å². The molecular formula is C31H34ClN5O8S. The molecule has 15 heteroatoms. The number of hydrogen-bond donors (Lipinski definition) is 2. The number of fused-ring (bicyclic) bond motifs is 2. The quantitative estimate of drug-likeness (QED) is 0.347. The standard InChI is InChI=1S/C31H34ClN5O8S/c32-21-6-4-20-14-24(7-5-19(20)13-21)46(44,45)18-26(38)29(40)34-11-8-22(9-12-34)36-17-23-16-33-27(37(23)31(36)43)15-25(30(41)42)35-10-2-1-3-28(35)39/h4-7,13-14,16,22,25-26,38H,1-3,8-12,15,17-18H2,(H,41,42)/t25?,26-/m1/s1. The molecule has 2 fully saturated rings. The van der Waals surface area contributed by atoms with Gasteiger partial charge in [-0.2, -0.15) is 0 Å². The van der Waals surface area contributed by atoms with E-state index < -0.39 is 39.6 Å². The lowest BCUT2D eigenvalue weighted by atomic mass is 10.0. The van der Waals surface area contributed by atoms with Gasteiger partial charge in [-0.15, -0.1) is 0 Å². The minimum atomic E-state index is -3.98. The second-order valence-electron chi connectivity index (χ2n) is 12.0. The van der Waals surface area contributed by atoms with Crippen LogP contribution in [0.25, 0.3) is 10.8 Å². The van der Waals surface area contributed by atoms with Gasteiger partial charge < -0.3 is 24.9 Å². The van der Waals surface area contributed by atoms with Crippen LogP contribution in [0.2, 0.25) is 5.02 Å². The highest BCUT2D eigenvalue weighted by Gasteiger charge is 2.40. The van der Waals surface area contributed by atoms with E-state index in [0.29, 0.717) is 41.9 Å². The molecule has 0 saturated carbocycles. The summed E-state index contributed by atoms with van der Waals surface area (Å²) < 4.78 is 27.5. The number of nitrogens with zero attached hydrogens (tertiary/aromatic N) is 5. The predicted molar refractivity (Wildman–Crippen MR) is 166 cm³/mol. The average Bonchev–Trinajstić information content (AvgIpc) is 3.58. The van der Waals surface area contributed by atoms with Gasteiger partial charge in [0.2, 0.25) is 5.91 Å². The lowest BCUT2D eigenvalue weighted by Gasteiger charge is -2.37. The van der Waals surface area contributed by atoms with Crippen LogP contribution >= 0.6 is 11.6 Å². The summed E-state index contributed by atoms with van der Waals surface area (Å²) in [5.74, 6) is -2.54. The van der Waals surface area contributed by atoms with Gasteiger partial charge in [0.15, 0.2) is 9.84 Å². The number of sulfone groups is 1. The molecule has 0 radical (unpaired) electrons. The zero-order valence-electron chi connectivity index (χ0n) is 24.9. The van der Waals surface area contributed by atoms with Crippen molar-refractivity contribution in [2.24, 2.45) is 0 Å². The van der Waals surface area contributed by atoms with Crippen molar-refractivity contribution in [2.75, 3.05) is 25.4 Å². The zero-order chi connectivity index (χ0) is 32.7. The average molecular weight is 672 g/mol. The molecule has 2 aromatic carbocycles. The highest BCUT2D eigenvalue weighted by Crippen LogP contribution is 2.28. The van der Waals surface area contributed by atoms with Gasteiger partial charge in [-0.25, -0.2) is 23.0 Å². The molecule has 0 aliphatic carbocycles. The minimum Gasteiger partial charge on any atom is -0.480 e. The van der Waals surface area contributed by atoms with Gasteiger partial charge in [-0.3, -0.25) is 14.2 Å². The molecule has 1 unspecified atom stereocenters. The molecule has 1 aromatic heterocycles. The number of imidazole rings is 1. The van der Waals surface area contributed by atoms with Gasteiger partial charge in [0.1, 0.15) is 18.0 Å². The summed E-state index contributed by atoms with van der Waals surface area (Å²) in [5.41, 5.74) is 0.616. The second-order valence-corrected chi connectivity index (χ2v) is 14.5. The number of likely N-dealkylation sites (tertiary alicyclic amines) is 2. The molecular weight excluding hydrogens is 638 g/mol. The number of carbonyl (C=O) groups is 4. The van der Waals surface area contributed by atoms with Crippen molar-refractivity contribution in [3.8, 4) is 0 Å². The maximum atomic E-state index is 13.5. The van der Waals surface area contributed by atoms with Gasteiger partial charge in [-0.1, -0.05) is 23.7 Å². The van der Waals surface area contributed by atoms with Gasteiger partial charge in [-0.05, 0) is 60.7 Å². The fourth-order valence-electron chi connectivity index (χ4n) is 6.61. The topological polar surface area (TPSA) is 170 Å². The molecule has 0 spiro atoms. The van der Waals surface area contributed by atoms with E-state index >= 15 is 0 Å². The van der Waals surface area contributed by atoms with Crippen LogP contribution in [0.4, 0.5) is 4.79 Å². The SMILES string of the molecule is O=C(O)C(Cc1ncc2n1C(=O)N(C1CCN(C(=O)[C@H](O)CS(=O)(=O)c3ccc4cc(Cl)ccc4c3)CC1)C2)N1CCCCC1=O. The van der Waals surface area contributed by atoms with Gasteiger partial charge in [0.25, 0.3) is 5.91 Å². The first-order chi connectivity index (χ1) is 21.9. The van der Waals surface area contributed by atoms with E-state index in [2.05, 4.69) is 4.98 Å². The molecule has 3 aromatic rings. The predicted octanol–water partition coefficient (Wildman–Crippen LogP) is 2.31. The van der Waals surface area contributed by atoms with Crippen LogP contribution in [0.5, 0.6) is 0 Å². The summed E-state index contributed by atoms with van der Waals surface area (Å²) in [6.45, 7) is 1.06. The van der Waals surface area contributed by atoms with Crippen LogP contribution in [-0.2, 0) is 37.2 Å². The number of halogens is 1. The van der Waals surface area contributed by atoms with E-state index in [4.69, 9.17) is 11.6 Å². The molecule has 3 aliphatic rings. The molecule has 2 N–H and O–H groups in total. The van der Waals surface area contributed by atoms with Gasteiger partial charge in [0, 0.05) is 43.5 Å². The number of aromatic nitrogens is 2. The van der Waals surface area contributed by atoms with E-state index in [1.165, 1.54) is 26.5 Å².